The third-order valence-corrected chi connectivity index (χ3v) is 4.19. The van der Waals surface area contributed by atoms with Gasteiger partial charge in [-0.15, -0.1) is 0 Å². The molecule has 3 aromatic rings. The van der Waals surface area contributed by atoms with Crippen LogP contribution in [-0.2, 0) is 4.79 Å². The Morgan fingerprint density at radius 3 is 2.46 bits per heavy atom. The minimum Gasteiger partial charge on any atom is -0.340 e. The molecule has 0 fully saturated rings. The van der Waals surface area contributed by atoms with Crippen molar-refractivity contribution in [2.45, 2.75) is 27.7 Å². The standard InChI is InChI=1S/C22H25N5O/c1-5-27(20-11-6-8-15(2)12-20)22-14-21(23-16(3)24-22)26-19-10-7-9-18(13-19)25-17(4)28/h6-14H,5H2,1-4H3,(H,25,28)(H,23,24,26). The number of benzene rings is 2. The van der Waals surface area contributed by atoms with Crippen LogP contribution in [0.15, 0.2) is 54.6 Å². The van der Waals surface area contributed by atoms with E-state index in [1.165, 1.54) is 12.5 Å². The molecule has 3 rings (SSSR count). The fourth-order valence-corrected chi connectivity index (χ4v) is 3.05. The molecule has 144 valence electrons. The first-order chi connectivity index (χ1) is 13.4. The monoisotopic (exact) mass is 375 g/mol. The Labute approximate surface area is 165 Å². The predicted octanol–water partition coefficient (Wildman–Crippen LogP) is 4.95. The molecule has 1 aromatic heterocycles. The summed E-state index contributed by atoms with van der Waals surface area (Å²) in [6.07, 6.45) is 0. The third-order valence-electron chi connectivity index (χ3n) is 4.19. The summed E-state index contributed by atoms with van der Waals surface area (Å²) in [4.78, 5) is 22.6. The minimum absolute atomic E-state index is 0.103. The Balaban J connectivity index is 1.90. The Morgan fingerprint density at radius 2 is 1.75 bits per heavy atom. The van der Waals surface area contributed by atoms with Gasteiger partial charge in [0.15, 0.2) is 0 Å². The molecule has 0 bridgehead atoms. The fourth-order valence-electron chi connectivity index (χ4n) is 3.05. The molecular formula is C22H25N5O. The first-order valence-corrected chi connectivity index (χ1v) is 9.29. The van der Waals surface area contributed by atoms with Crippen LogP contribution in [0.3, 0.4) is 0 Å². The van der Waals surface area contributed by atoms with Crippen molar-refractivity contribution in [1.82, 2.24) is 9.97 Å². The molecule has 2 aromatic carbocycles. The van der Waals surface area contributed by atoms with Crippen LogP contribution in [-0.4, -0.2) is 22.4 Å². The summed E-state index contributed by atoms with van der Waals surface area (Å²) in [5.41, 5.74) is 3.88. The van der Waals surface area contributed by atoms with Gasteiger partial charge in [-0.1, -0.05) is 18.2 Å². The van der Waals surface area contributed by atoms with Crippen molar-refractivity contribution in [2.24, 2.45) is 0 Å². The van der Waals surface area contributed by atoms with Gasteiger partial charge in [0.25, 0.3) is 0 Å². The Kier molecular flexibility index (Phi) is 5.89. The lowest BCUT2D eigenvalue weighted by molar-refractivity contribution is -0.114. The van der Waals surface area contributed by atoms with Crippen molar-refractivity contribution in [3.8, 4) is 0 Å². The molecular weight excluding hydrogens is 350 g/mol. The van der Waals surface area contributed by atoms with Crippen LogP contribution in [0.1, 0.15) is 25.2 Å². The largest absolute Gasteiger partial charge is 0.340 e. The van der Waals surface area contributed by atoms with E-state index in [0.29, 0.717) is 11.6 Å². The van der Waals surface area contributed by atoms with E-state index in [1.807, 2.05) is 43.3 Å². The van der Waals surface area contributed by atoms with Gasteiger partial charge < -0.3 is 15.5 Å². The van der Waals surface area contributed by atoms with Crippen molar-refractivity contribution in [3.63, 3.8) is 0 Å². The van der Waals surface area contributed by atoms with E-state index in [2.05, 4.69) is 57.5 Å². The second-order valence-electron chi connectivity index (χ2n) is 6.63. The molecule has 1 amide bonds. The predicted molar refractivity (Wildman–Crippen MR) is 115 cm³/mol. The van der Waals surface area contributed by atoms with Crippen LogP contribution in [0.4, 0.5) is 28.7 Å². The first-order valence-electron chi connectivity index (χ1n) is 9.29. The van der Waals surface area contributed by atoms with Crippen LogP contribution in [0, 0.1) is 13.8 Å². The fraction of sp³-hybridized carbons (Fsp3) is 0.227. The average molecular weight is 375 g/mol. The lowest BCUT2D eigenvalue weighted by Crippen LogP contribution is -2.18. The van der Waals surface area contributed by atoms with E-state index in [0.717, 1.165) is 29.4 Å². The number of hydrogen-bond acceptors (Lipinski definition) is 5. The number of carbonyl (C=O) groups excluding carboxylic acids is 1. The molecule has 0 saturated carbocycles. The molecule has 0 aliphatic carbocycles. The lowest BCUT2D eigenvalue weighted by atomic mass is 10.2. The summed E-state index contributed by atoms with van der Waals surface area (Å²) < 4.78 is 0. The molecule has 0 unspecified atom stereocenters. The zero-order chi connectivity index (χ0) is 20.1. The number of amides is 1. The molecule has 2 N–H and O–H groups in total. The summed E-state index contributed by atoms with van der Waals surface area (Å²) in [5.74, 6) is 2.12. The van der Waals surface area contributed by atoms with Crippen molar-refractivity contribution < 1.29 is 4.79 Å². The molecule has 0 radical (unpaired) electrons. The molecule has 6 nitrogen and oxygen atoms in total. The number of hydrogen-bond donors (Lipinski definition) is 2. The summed E-state index contributed by atoms with van der Waals surface area (Å²) in [6, 6.07) is 17.8. The van der Waals surface area contributed by atoms with Gasteiger partial charge in [0, 0.05) is 36.6 Å². The summed E-state index contributed by atoms with van der Waals surface area (Å²) in [7, 11) is 0. The molecule has 28 heavy (non-hydrogen) atoms. The number of nitrogens with zero attached hydrogens (tertiary/aromatic N) is 3. The smallest absolute Gasteiger partial charge is 0.221 e. The van der Waals surface area contributed by atoms with Gasteiger partial charge >= 0.3 is 0 Å². The average Bonchev–Trinajstić information content (AvgIpc) is 2.62. The van der Waals surface area contributed by atoms with Crippen LogP contribution in [0.5, 0.6) is 0 Å². The number of aryl methyl sites for hydroxylation is 2. The topological polar surface area (TPSA) is 70.2 Å². The van der Waals surface area contributed by atoms with Crippen LogP contribution in [0.2, 0.25) is 0 Å². The third kappa shape index (κ3) is 4.85. The lowest BCUT2D eigenvalue weighted by Gasteiger charge is -2.23. The molecule has 0 aliphatic rings. The highest BCUT2D eigenvalue weighted by Crippen LogP contribution is 2.27. The van der Waals surface area contributed by atoms with Crippen LogP contribution < -0.4 is 15.5 Å². The van der Waals surface area contributed by atoms with Gasteiger partial charge in [-0.25, -0.2) is 9.97 Å². The van der Waals surface area contributed by atoms with Gasteiger partial charge in [-0.3, -0.25) is 4.79 Å². The molecule has 0 spiro atoms. The summed E-state index contributed by atoms with van der Waals surface area (Å²) in [5, 5.41) is 6.10. The first kappa shape index (κ1) is 19.4. The number of carbonyl (C=O) groups is 1. The summed E-state index contributed by atoms with van der Waals surface area (Å²) in [6.45, 7) is 8.34. The summed E-state index contributed by atoms with van der Waals surface area (Å²) >= 11 is 0. The second-order valence-corrected chi connectivity index (χ2v) is 6.63. The molecule has 0 aliphatic heterocycles. The zero-order valence-corrected chi connectivity index (χ0v) is 16.7. The van der Waals surface area contributed by atoms with E-state index in [1.54, 1.807) is 0 Å². The number of anilines is 5. The quantitative estimate of drug-likeness (QED) is 0.638. The maximum absolute atomic E-state index is 11.3. The van der Waals surface area contributed by atoms with E-state index in [-0.39, 0.29) is 5.91 Å². The normalized spacial score (nSPS) is 10.4. The molecule has 0 saturated heterocycles. The van der Waals surface area contributed by atoms with E-state index >= 15 is 0 Å². The second kappa shape index (κ2) is 8.52. The SMILES string of the molecule is CCN(c1cccc(C)c1)c1cc(Nc2cccc(NC(C)=O)c2)nc(C)n1. The number of rotatable bonds is 6. The Bertz CT molecular complexity index is 986. The van der Waals surface area contributed by atoms with Gasteiger partial charge in [-0.2, -0.15) is 0 Å². The number of aromatic nitrogens is 2. The maximum Gasteiger partial charge on any atom is 0.221 e. The van der Waals surface area contributed by atoms with Gasteiger partial charge in [0.05, 0.1) is 0 Å². The highest BCUT2D eigenvalue weighted by atomic mass is 16.1. The van der Waals surface area contributed by atoms with Gasteiger partial charge in [0.2, 0.25) is 5.91 Å². The van der Waals surface area contributed by atoms with Crippen LogP contribution >= 0.6 is 0 Å². The highest BCUT2D eigenvalue weighted by molar-refractivity contribution is 5.89. The molecule has 6 heteroatoms. The van der Waals surface area contributed by atoms with Crippen molar-refractivity contribution in [2.75, 3.05) is 22.1 Å². The van der Waals surface area contributed by atoms with Crippen LogP contribution in [0.25, 0.3) is 0 Å². The minimum atomic E-state index is -0.103. The zero-order valence-electron chi connectivity index (χ0n) is 16.7. The number of nitrogens with one attached hydrogen (secondary N) is 2. The van der Waals surface area contributed by atoms with Gasteiger partial charge in [-0.05, 0) is 56.7 Å². The van der Waals surface area contributed by atoms with Crippen molar-refractivity contribution >= 4 is 34.6 Å². The maximum atomic E-state index is 11.3. The van der Waals surface area contributed by atoms with Crippen molar-refractivity contribution in [1.29, 1.82) is 0 Å². The molecule has 1 heterocycles. The highest BCUT2D eigenvalue weighted by Gasteiger charge is 2.12. The van der Waals surface area contributed by atoms with Crippen molar-refractivity contribution in [3.05, 3.63) is 66.0 Å². The van der Waals surface area contributed by atoms with E-state index in [9.17, 15) is 4.79 Å². The molecule has 0 atom stereocenters. The Hall–Kier alpha value is -3.41. The van der Waals surface area contributed by atoms with E-state index in [4.69, 9.17) is 0 Å². The van der Waals surface area contributed by atoms with Gasteiger partial charge in [0.1, 0.15) is 17.5 Å². The van der Waals surface area contributed by atoms with E-state index < -0.39 is 0 Å². The Morgan fingerprint density at radius 1 is 1.00 bits per heavy atom.